The molecule has 6 nitrogen and oxygen atoms in total. The molecular weight excluding hydrogens is 354 g/mol. The predicted molar refractivity (Wildman–Crippen MR) is 107 cm³/mol. The molecule has 0 saturated carbocycles. The van der Waals surface area contributed by atoms with Crippen molar-refractivity contribution in [2.75, 3.05) is 32.8 Å². The second-order valence-electron chi connectivity index (χ2n) is 7.58. The summed E-state index contributed by atoms with van der Waals surface area (Å²) in [6.07, 6.45) is 4.75. The molecule has 0 bridgehead atoms. The van der Waals surface area contributed by atoms with Crippen molar-refractivity contribution < 1.29 is 14.3 Å². The van der Waals surface area contributed by atoms with Crippen molar-refractivity contribution in [3.8, 4) is 11.6 Å². The number of hydrogen-bond donors (Lipinski definition) is 1. The largest absolute Gasteiger partial charge is 0.439 e. The molecule has 2 saturated heterocycles. The summed E-state index contributed by atoms with van der Waals surface area (Å²) < 4.78 is 11.2. The number of piperidine rings is 1. The topological polar surface area (TPSA) is 63.7 Å². The van der Waals surface area contributed by atoms with Crippen molar-refractivity contribution in [3.05, 3.63) is 54.2 Å². The first-order valence-electron chi connectivity index (χ1n) is 10.1. The zero-order valence-corrected chi connectivity index (χ0v) is 16.0. The smallest absolute Gasteiger partial charge is 0.251 e. The molecule has 28 heavy (non-hydrogen) atoms. The Morgan fingerprint density at radius 1 is 1.18 bits per heavy atom. The van der Waals surface area contributed by atoms with Gasteiger partial charge in [0.25, 0.3) is 5.91 Å². The lowest BCUT2D eigenvalue weighted by molar-refractivity contribution is 0.0903. The van der Waals surface area contributed by atoms with Crippen molar-refractivity contribution in [3.63, 3.8) is 0 Å². The molecule has 1 N–H and O–H groups in total. The van der Waals surface area contributed by atoms with Gasteiger partial charge in [-0.05, 0) is 43.4 Å². The van der Waals surface area contributed by atoms with E-state index in [1.165, 1.54) is 6.42 Å². The normalized spacial score (nSPS) is 20.8. The van der Waals surface area contributed by atoms with Gasteiger partial charge in [-0.3, -0.25) is 4.79 Å². The van der Waals surface area contributed by atoms with Gasteiger partial charge < -0.3 is 19.7 Å². The third kappa shape index (κ3) is 5.09. The van der Waals surface area contributed by atoms with E-state index in [9.17, 15) is 4.79 Å². The van der Waals surface area contributed by atoms with Crippen LogP contribution in [-0.4, -0.2) is 54.7 Å². The number of amides is 1. The van der Waals surface area contributed by atoms with Gasteiger partial charge in [0.05, 0.1) is 6.61 Å². The Hall–Kier alpha value is -2.44. The summed E-state index contributed by atoms with van der Waals surface area (Å²) in [6.45, 7) is 4.97. The van der Waals surface area contributed by atoms with E-state index in [1.54, 1.807) is 18.3 Å². The first kappa shape index (κ1) is 18.9. The molecular formula is C22H27N3O3. The lowest BCUT2D eigenvalue weighted by Crippen LogP contribution is -2.45. The second-order valence-corrected chi connectivity index (χ2v) is 7.58. The first-order chi connectivity index (χ1) is 13.8. The van der Waals surface area contributed by atoms with Gasteiger partial charge >= 0.3 is 0 Å². The molecule has 1 aromatic heterocycles. The number of nitrogens with zero attached hydrogens (tertiary/aromatic N) is 2. The number of rotatable bonds is 6. The number of aromatic nitrogens is 1. The minimum Gasteiger partial charge on any atom is -0.439 e. The maximum atomic E-state index is 12.7. The summed E-state index contributed by atoms with van der Waals surface area (Å²) in [5, 5.41) is 3.17. The Morgan fingerprint density at radius 3 is 2.75 bits per heavy atom. The van der Waals surface area contributed by atoms with Crippen molar-refractivity contribution in [1.29, 1.82) is 0 Å². The van der Waals surface area contributed by atoms with Crippen molar-refractivity contribution in [2.24, 2.45) is 5.92 Å². The zero-order chi connectivity index (χ0) is 19.2. The van der Waals surface area contributed by atoms with Gasteiger partial charge in [0.15, 0.2) is 0 Å². The Balaban J connectivity index is 1.27. The molecule has 0 aliphatic carbocycles. The number of carbonyl (C=O) groups excluding carboxylic acids is 1. The molecule has 1 unspecified atom stereocenters. The van der Waals surface area contributed by atoms with Crippen LogP contribution in [0.25, 0.3) is 0 Å². The molecule has 2 aliphatic rings. The number of para-hydroxylation sites is 1. The molecule has 148 valence electrons. The maximum Gasteiger partial charge on any atom is 0.251 e. The molecule has 0 radical (unpaired) electrons. The molecule has 4 rings (SSSR count). The van der Waals surface area contributed by atoms with Crippen LogP contribution >= 0.6 is 0 Å². The molecule has 6 heteroatoms. The lowest BCUT2D eigenvalue weighted by Gasteiger charge is -2.33. The Bertz CT molecular complexity index is 770. The average Bonchev–Trinajstić information content (AvgIpc) is 3.23. The summed E-state index contributed by atoms with van der Waals surface area (Å²) in [7, 11) is 0. The predicted octanol–water partition coefficient (Wildman–Crippen LogP) is 3.10. The third-order valence-electron chi connectivity index (χ3n) is 5.43. The SMILES string of the molecule is O=C(NC1CCN(CC2CCOC2)CC1)c1ccnc(Oc2ccccc2)c1. The third-order valence-corrected chi connectivity index (χ3v) is 5.43. The van der Waals surface area contributed by atoms with E-state index >= 15 is 0 Å². The Labute approximate surface area is 165 Å². The maximum absolute atomic E-state index is 12.7. The van der Waals surface area contributed by atoms with Crippen molar-refractivity contribution >= 4 is 5.91 Å². The van der Waals surface area contributed by atoms with Gasteiger partial charge in [0, 0.05) is 50.1 Å². The standard InChI is InChI=1S/C22H27N3O3/c26-22(18-6-10-23-21(14-18)28-20-4-2-1-3-5-20)24-19-7-11-25(12-8-19)15-17-9-13-27-16-17/h1-6,10,14,17,19H,7-9,11-13,15-16H2,(H,24,26). The summed E-state index contributed by atoms with van der Waals surface area (Å²) >= 11 is 0. The number of likely N-dealkylation sites (tertiary alicyclic amines) is 1. The highest BCUT2D eigenvalue weighted by molar-refractivity contribution is 5.94. The van der Waals surface area contributed by atoms with E-state index in [0.717, 1.165) is 45.7 Å². The van der Waals surface area contributed by atoms with E-state index in [0.29, 0.717) is 23.1 Å². The van der Waals surface area contributed by atoms with Gasteiger partial charge in [0.2, 0.25) is 5.88 Å². The quantitative estimate of drug-likeness (QED) is 0.833. The van der Waals surface area contributed by atoms with E-state index in [4.69, 9.17) is 9.47 Å². The van der Waals surface area contributed by atoms with Crippen LogP contribution in [0.1, 0.15) is 29.6 Å². The lowest BCUT2D eigenvalue weighted by atomic mass is 10.0. The van der Waals surface area contributed by atoms with E-state index in [-0.39, 0.29) is 11.9 Å². The van der Waals surface area contributed by atoms with Crippen LogP contribution < -0.4 is 10.1 Å². The fourth-order valence-electron chi connectivity index (χ4n) is 3.84. The summed E-state index contributed by atoms with van der Waals surface area (Å²) in [4.78, 5) is 19.4. The second kappa shape index (κ2) is 9.17. The Kier molecular flexibility index (Phi) is 6.19. The van der Waals surface area contributed by atoms with Gasteiger partial charge in [-0.2, -0.15) is 0 Å². The fraction of sp³-hybridized carbons (Fsp3) is 0.455. The van der Waals surface area contributed by atoms with Gasteiger partial charge in [-0.25, -0.2) is 4.98 Å². The van der Waals surface area contributed by atoms with E-state index in [1.807, 2.05) is 30.3 Å². The van der Waals surface area contributed by atoms with Crippen LogP contribution in [0, 0.1) is 5.92 Å². The summed E-state index contributed by atoms with van der Waals surface area (Å²) in [5.74, 6) is 1.73. The van der Waals surface area contributed by atoms with Crippen LogP contribution in [-0.2, 0) is 4.74 Å². The van der Waals surface area contributed by atoms with Gasteiger partial charge in [-0.15, -0.1) is 0 Å². The number of pyridine rings is 1. The molecule has 3 heterocycles. The first-order valence-corrected chi connectivity index (χ1v) is 10.1. The minimum absolute atomic E-state index is 0.0667. The zero-order valence-electron chi connectivity index (χ0n) is 16.0. The van der Waals surface area contributed by atoms with E-state index in [2.05, 4.69) is 15.2 Å². The number of nitrogens with one attached hydrogen (secondary N) is 1. The highest BCUT2D eigenvalue weighted by Gasteiger charge is 2.25. The fourth-order valence-corrected chi connectivity index (χ4v) is 3.84. The minimum atomic E-state index is -0.0667. The average molecular weight is 381 g/mol. The number of ether oxygens (including phenoxy) is 2. The number of benzene rings is 1. The van der Waals surface area contributed by atoms with Crippen LogP contribution in [0.4, 0.5) is 0 Å². The molecule has 2 fully saturated rings. The van der Waals surface area contributed by atoms with E-state index < -0.39 is 0 Å². The van der Waals surface area contributed by atoms with Crippen LogP contribution in [0.5, 0.6) is 11.6 Å². The number of hydrogen-bond acceptors (Lipinski definition) is 5. The van der Waals surface area contributed by atoms with Crippen LogP contribution in [0.3, 0.4) is 0 Å². The summed E-state index contributed by atoms with van der Waals surface area (Å²) in [5.41, 5.74) is 0.575. The molecule has 1 aromatic carbocycles. The number of carbonyl (C=O) groups is 1. The molecule has 2 aliphatic heterocycles. The van der Waals surface area contributed by atoms with Crippen LogP contribution in [0.15, 0.2) is 48.7 Å². The summed E-state index contributed by atoms with van der Waals surface area (Å²) in [6, 6.07) is 13.1. The molecule has 2 aromatic rings. The van der Waals surface area contributed by atoms with Gasteiger partial charge in [-0.1, -0.05) is 18.2 Å². The van der Waals surface area contributed by atoms with Crippen molar-refractivity contribution in [2.45, 2.75) is 25.3 Å². The Morgan fingerprint density at radius 2 is 2.00 bits per heavy atom. The van der Waals surface area contributed by atoms with Crippen molar-refractivity contribution in [1.82, 2.24) is 15.2 Å². The highest BCUT2D eigenvalue weighted by Crippen LogP contribution is 2.20. The highest BCUT2D eigenvalue weighted by atomic mass is 16.5. The monoisotopic (exact) mass is 381 g/mol. The molecule has 1 atom stereocenters. The molecule has 0 spiro atoms. The molecule has 1 amide bonds. The van der Waals surface area contributed by atoms with Gasteiger partial charge in [0.1, 0.15) is 5.75 Å². The van der Waals surface area contributed by atoms with Crippen LogP contribution in [0.2, 0.25) is 0 Å².